The van der Waals surface area contributed by atoms with E-state index in [1.165, 1.54) is 0 Å². The summed E-state index contributed by atoms with van der Waals surface area (Å²) in [6, 6.07) is 7.35. The first-order chi connectivity index (χ1) is 12.2. The molecule has 128 valence electrons. The Morgan fingerprint density at radius 2 is 1.84 bits per heavy atom. The summed E-state index contributed by atoms with van der Waals surface area (Å²) in [4.78, 5) is 25.4. The van der Waals surface area contributed by atoms with Gasteiger partial charge in [-0.2, -0.15) is 10.1 Å². The number of hydrogen-bond acceptors (Lipinski definition) is 4. The summed E-state index contributed by atoms with van der Waals surface area (Å²) < 4.78 is 5.49. The molecule has 5 nitrogen and oxygen atoms in total. The fraction of sp³-hybridized carbons (Fsp3) is 0.350. The number of hydrazone groups is 1. The fourth-order valence-corrected chi connectivity index (χ4v) is 4.14. The minimum Gasteiger partial charge on any atom is -0.490 e. The number of benzene rings is 1. The Morgan fingerprint density at radius 3 is 2.44 bits per heavy atom. The van der Waals surface area contributed by atoms with Gasteiger partial charge in [-0.25, -0.2) is 0 Å². The third-order valence-electron chi connectivity index (χ3n) is 5.28. The highest BCUT2D eigenvalue weighted by atomic mass is 16.5. The molecule has 0 aromatic heterocycles. The largest absolute Gasteiger partial charge is 0.490 e. The molecule has 1 saturated carbocycles. The van der Waals surface area contributed by atoms with Crippen LogP contribution in [0.3, 0.4) is 0 Å². The van der Waals surface area contributed by atoms with Crippen LogP contribution in [0, 0.1) is 23.7 Å². The molecule has 2 amide bonds. The zero-order chi connectivity index (χ0) is 17.4. The maximum absolute atomic E-state index is 12.7. The molecule has 0 spiro atoms. The van der Waals surface area contributed by atoms with E-state index in [0.29, 0.717) is 12.4 Å². The first-order valence-corrected chi connectivity index (χ1v) is 8.63. The lowest BCUT2D eigenvalue weighted by Gasteiger charge is -2.37. The van der Waals surface area contributed by atoms with Gasteiger partial charge in [-0.05, 0) is 42.4 Å². The van der Waals surface area contributed by atoms with Crippen LogP contribution >= 0.6 is 0 Å². The summed E-state index contributed by atoms with van der Waals surface area (Å²) in [5.74, 6) is 0.281. The summed E-state index contributed by atoms with van der Waals surface area (Å²) >= 11 is 0. The van der Waals surface area contributed by atoms with Crippen molar-refractivity contribution in [1.29, 1.82) is 0 Å². The second kappa shape index (κ2) is 6.31. The molecule has 3 aliphatic carbocycles. The molecule has 4 aliphatic rings. The normalized spacial score (nSPS) is 30.2. The van der Waals surface area contributed by atoms with Crippen LogP contribution in [0.2, 0.25) is 0 Å². The molecule has 1 saturated heterocycles. The Kier molecular flexibility index (Phi) is 3.99. The minimum atomic E-state index is -0.226. The molecule has 4 atom stereocenters. The topological polar surface area (TPSA) is 59.0 Å². The Balaban J connectivity index is 1.53. The molecule has 25 heavy (non-hydrogen) atoms. The van der Waals surface area contributed by atoms with Gasteiger partial charge in [-0.1, -0.05) is 36.9 Å². The number of carbonyl (C=O) groups excluding carboxylic acids is 2. The van der Waals surface area contributed by atoms with Gasteiger partial charge in [-0.15, -0.1) is 0 Å². The van der Waals surface area contributed by atoms with Gasteiger partial charge in [0.25, 0.3) is 11.8 Å². The van der Waals surface area contributed by atoms with Crippen LogP contribution in [-0.2, 0) is 9.59 Å². The SMILES string of the molecule is C=CCOc1cccc(/C=N\N2C(=O)[C@@H]3[C@H](C2=O)[C@H]2C=C[C@H]3CC2)c1. The number of allylic oxidation sites excluding steroid dienone is 2. The van der Waals surface area contributed by atoms with Crippen molar-refractivity contribution in [3.8, 4) is 5.75 Å². The monoisotopic (exact) mass is 336 g/mol. The maximum atomic E-state index is 12.7. The fourth-order valence-electron chi connectivity index (χ4n) is 4.14. The lowest BCUT2D eigenvalue weighted by Crippen LogP contribution is -2.38. The second-order valence-electron chi connectivity index (χ2n) is 6.75. The molecule has 0 unspecified atom stereocenters. The number of nitrogens with zero attached hydrogens (tertiary/aromatic N) is 2. The van der Waals surface area contributed by atoms with E-state index >= 15 is 0 Å². The first kappa shape index (κ1) is 15.8. The summed E-state index contributed by atoms with van der Waals surface area (Å²) in [7, 11) is 0. The lowest BCUT2D eigenvalue weighted by atomic mass is 9.63. The molecule has 2 fully saturated rings. The number of fused-ring (bicyclic) bond motifs is 1. The van der Waals surface area contributed by atoms with Crippen molar-refractivity contribution in [3.05, 3.63) is 54.6 Å². The van der Waals surface area contributed by atoms with Crippen molar-refractivity contribution >= 4 is 18.0 Å². The molecule has 2 bridgehead atoms. The zero-order valence-electron chi connectivity index (χ0n) is 13.9. The summed E-state index contributed by atoms with van der Waals surface area (Å²) in [6.07, 6.45) is 9.40. The minimum absolute atomic E-state index is 0.163. The van der Waals surface area contributed by atoms with Gasteiger partial charge < -0.3 is 4.74 Å². The number of amides is 2. The van der Waals surface area contributed by atoms with Crippen molar-refractivity contribution in [3.63, 3.8) is 0 Å². The van der Waals surface area contributed by atoms with Gasteiger partial charge in [0.15, 0.2) is 0 Å². The number of imide groups is 1. The van der Waals surface area contributed by atoms with Crippen LogP contribution in [0.1, 0.15) is 18.4 Å². The van der Waals surface area contributed by atoms with Crippen molar-refractivity contribution in [2.45, 2.75) is 12.8 Å². The van der Waals surface area contributed by atoms with Crippen LogP contribution < -0.4 is 4.74 Å². The molecule has 1 heterocycles. The highest BCUT2D eigenvalue weighted by Gasteiger charge is 2.56. The summed E-state index contributed by atoms with van der Waals surface area (Å²) in [5, 5.41) is 5.28. The van der Waals surface area contributed by atoms with E-state index in [-0.39, 0.29) is 35.5 Å². The smallest absolute Gasteiger partial charge is 0.254 e. The van der Waals surface area contributed by atoms with E-state index < -0.39 is 0 Å². The number of hydrogen-bond donors (Lipinski definition) is 0. The predicted molar refractivity (Wildman–Crippen MR) is 93.9 cm³/mol. The molecule has 5 rings (SSSR count). The van der Waals surface area contributed by atoms with E-state index in [9.17, 15) is 9.59 Å². The number of carbonyl (C=O) groups is 2. The molecule has 1 aromatic carbocycles. The standard InChI is InChI=1S/C20H20N2O3/c1-2-10-25-16-5-3-4-13(11-16)12-21-22-19(23)17-14-6-7-15(9-8-14)18(17)20(22)24/h2-7,11-12,14-15,17-18H,1,8-10H2/b21-12-/t14-,15-,17-,18+/m0/s1. The van der Waals surface area contributed by atoms with E-state index in [0.717, 1.165) is 23.4 Å². The van der Waals surface area contributed by atoms with Crippen molar-refractivity contribution in [1.82, 2.24) is 5.01 Å². The van der Waals surface area contributed by atoms with Crippen LogP contribution in [0.15, 0.2) is 54.2 Å². The Labute approximate surface area is 146 Å². The predicted octanol–water partition coefficient (Wildman–Crippen LogP) is 2.78. The summed E-state index contributed by atoms with van der Waals surface area (Å²) in [5.41, 5.74) is 0.776. The molecule has 1 aromatic rings. The zero-order valence-corrected chi connectivity index (χ0v) is 13.9. The Hall–Kier alpha value is -2.69. The second-order valence-corrected chi connectivity index (χ2v) is 6.75. The van der Waals surface area contributed by atoms with Crippen molar-refractivity contribution < 1.29 is 14.3 Å². The van der Waals surface area contributed by atoms with Gasteiger partial charge in [-0.3, -0.25) is 9.59 Å². The van der Waals surface area contributed by atoms with Gasteiger partial charge in [0.05, 0.1) is 18.1 Å². The quantitative estimate of drug-likeness (QED) is 0.472. The average molecular weight is 336 g/mol. The van der Waals surface area contributed by atoms with Gasteiger partial charge in [0.2, 0.25) is 0 Å². The Morgan fingerprint density at radius 1 is 1.16 bits per heavy atom. The van der Waals surface area contributed by atoms with Gasteiger partial charge in [0, 0.05) is 0 Å². The van der Waals surface area contributed by atoms with Gasteiger partial charge >= 0.3 is 0 Å². The van der Waals surface area contributed by atoms with Crippen LogP contribution in [0.5, 0.6) is 5.75 Å². The van der Waals surface area contributed by atoms with Crippen LogP contribution in [0.4, 0.5) is 0 Å². The highest BCUT2D eigenvalue weighted by Crippen LogP contribution is 2.49. The first-order valence-electron chi connectivity index (χ1n) is 8.63. The van der Waals surface area contributed by atoms with Crippen molar-refractivity contribution in [2.24, 2.45) is 28.8 Å². The number of rotatable bonds is 5. The van der Waals surface area contributed by atoms with E-state index in [2.05, 4.69) is 23.8 Å². The van der Waals surface area contributed by atoms with Crippen molar-refractivity contribution in [2.75, 3.05) is 6.61 Å². The third kappa shape index (κ3) is 2.69. The molecule has 0 N–H and O–H groups in total. The number of ether oxygens (including phenoxy) is 1. The Bertz CT molecular complexity index is 751. The molecule has 5 heteroatoms. The maximum Gasteiger partial charge on any atom is 0.254 e. The van der Waals surface area contributed by atoms with E-state index in [4.69, 9.17) is 4.74 Å². The van der Waals surface area contributed by atoms with E-state index in [1.54, 1.807) is 12.3 Å². The molecular formula is C20H20N2O3. The van der Waals surface area contributed by atoms with Gasteiger partial charge in [0.1, 0.15) is 12.4 Å². The average Bonchev–Trinajstić information content (AvgIpc) is 2.92. The summed E-state index contributed by atoms with van der Waals surface area (Å²) in [6.45, 7) is 4.04. The van der Waals surface area contributed by atoms with Crippen LogP contribution in [0.25, 0.3) is 0 Å². The third-order valence-corrected chi connectivity index (χ3v) is 5.28. The van der Waals surface area contributed by atoms with E-state index in [1.807, 2.05) is 24.3 Å². The highest BCUT2D eigenvalue weighted by molar-refractivity contribution is 6.06. The molecule has 0 radical (unpaired) electrons. The molecule has 1 aliphatic heterocycles. The molecular weight excluding hydrogens is 316 g/mol. The van der Waals surface area contributed by atoms with Crippen LogP contribution in [-0.4, -0.2) is 29.6 Å². The lowest BCUT2D eigenvalue weighted by molar-refractivity contribution is -0.140.